The second kappa shape index (κ2) is 4.19. The van der Waals surface area contributed by atoms with Gasteiger partial charge in [-0.3, -0.25) is 4.79 Å². The normalized spacial score (nSPS) is 20.8. The lowest BCUT2D eigenvalue weighted by atomic mass is 10.1. The van der Waals surface area contributed by atoms with E-state index in [9.17, 15) is 13.6 Å². The van der Waals surface area contributed by atoms with Crippen LogP contribution in [0.15, 0.2) is 17.2 Å². The molecule has 0 saturated carbocycles. The fourth-order valence-electron chi connectivity index (χ4n) is 1.89. The molecular weight excluding hydrogens is 216 g/mol. The first-order valence-corrected chi connectivity index (χ1v) is 5.14. The van der Waals surface area contributed by atoms with Gasteiger partial charge in [0.05, 0.1) is 0 Å². The Balaban J connectivity index is 2.21. The molecule has 0 radical (unpaired) electrons. The molecule has 0 spiro atoms. The Morgan fingerprint density at radius 3 is 2.94 bits per heavy atom. The first-order chi connectivity index (χ1) is 7.59. The molecule has 2 rings (SSSR count). The third-order valence-corrected chi connectivity index (χ3v) is 2.88. The first-order valence-electron chi connectivity index (χ1n) is 5.14. The van der Waals surface area contributed by atoms with Crippen LogP contribution in [0.2, 0.25) is 0 Å². The minimum atomic E-state index is -2.32. The van der Waals surface area contributed by atoms with Gasteiger partial charge in [0.25, 0.3) is 5.56 Å². The van der Waals surface area contributed by atoms with E-state index in [0.29, 0.717) is 13.0 Å². The van der Waals surface area contributed by atoms with Crippen LogP contribution < -0.4 is 10.5 Å². The van der Waals surface area contributed by atoms with Crippen molar-refractivity contribution in [1.82, 2.24) is 9.55 Å². The Kier molecular flexibility index (Phi) is 2.89. The summed E-state index contributed by atoms with van der Waals surface area (Å²) in [6.07, 6.45) is 1.15. The zero-order chi connectivity index (χ0) is 11.7. The molecule has 0 N–H and O–H groups in total. The minimum Gasteiger partial charge on any atom is -0.352 e. The molecule has 0 amide bonds. The standard InChI is InChI=1S/C10H13F2N3O/c1-14-5-3-13-9(10(14)16)15-4-2-7(6-15)8(11)12/h3,5,7-8H,2,4,6H2,1H3. The van der Waals surface area contributed by atoms with Gasteiger partial charge in [0.15, 0.2) is 5.82 Å². The molecule has 2 heterocycles. The highest BCUT2D eigenvalue weighted by Gasteiger charge is 2.31. The Morgan fingerprint density at radius 2 is 2.31 bits per heavy atom. The maximum absolute atomic E-state index is 12.5. The molecule has 1 atom stereocenters. The quantitative estimate of drug-likeness (QED) is 0.755. The van der Waals surface area contributed by atoms with Crippen LogP contribution in [0, 0.1) is 5.92 Å². The van der Waals surface area contributed by atoms with Crippen molar-refractivity contribution in [2.24, 2.45) is 13.0 Å². The van der Waals surface area contributed by atoms with Gasteiger partial charge in [0, 0.05) is 38.4 Å². The van der Waals surface area contributed by atoms with Gasteiger partial charge in [-0.25, -0.2) is 13.8 Å². The van der Waals surface area contributed by atoms with Crippen LogP contribution in [0.1, 0.15) is 6.42 Å². The summed E-state index contributed by atoms with van der Waals surface area (Å²) in [6, 6.07) is 0. The maximum atomic E-state index is 12.5. The lowest BCUT2D eigenvalue weighted by Crippen LogP contribution is -2.31. The molecule has 1 aliphatic rings. The van der Waals surface area contributed by atoms with Gasteiger partial charge in [-0.05, 0) is 6.42 Å². The van der Waals surface area contributed by atoms with Crippen LogP contribution in [0.25, 0.3) is 0 Å². The van der Waals surface area contributed by atoms with Gasteiger partial charge in [0.1, 0.15) is 0 Å². The second-order valence-electron chi connectivity index (χ2n) is 4.00. The molecule has 6 heteroatoms. The van der Waals surface area contributed by atoms with E-state index in [1.54, 1.807) is 18.1 Å². The Hall–Kier alpha value is -1.46. The van der Waals surface area contributed by atoms with Crippen molar-refractivity contribution in [3.05, 3.63) is 22.7 Å². The number of anilines is 1. The SMILES string of the molecule is Cn1ccnc(N2CCC(C(F)F)C2)c1=O. The van der Waals surface area contributed by atoms with E-state index < -0.39 is 12.3 Å². The number of halogens is 2. The number of hydrogen-bond donors (Lipinski definition) is 0. The Bertz CT molecular complexity index is 432. The molecule has 1 aliphatic heterocycles. The number of aromatic nitrogens is 2. The van der Waals surface area contributed by atoms with Crippen LogP contribution >= 0.6 is 0 Å². The molecule has 1 saturated heterocycles. The lowest BCUT2D eigenvalue weighted by Gasteiger charge is -2.16. The van der Waals surface area contributed by atoms with Crippen LogP contribution in [-0.4, -0.2) is 29.1 Å². The van der Waals surface area contributed by atoms with E-state index in [4.69, 9.17) is 0 Å². The van der Waals surface area contributed by atoms with Crippen molar-refractivity contribution < 1.29 is 8.78 Å². The van der Waals surface area contributed by atoms with Gasteiger partial charge in [-0.2, -0.15) is 0 Å². The summed E-state index contributed by atoms with van der Waals surface area (Å²) < 4.78 is 26.4. The lowest BCUT2D eigenvalue weighted by molar-refractivity contribution is 0.0880. The van der Waals surface area contributed by atoms with Crippen molar-refractivity contribution in [3.8, 4) is 0 Å². The number of alkyl halides is 2. The highest BCUT2D eigenvalue weighted by Crippen LogP contribution is 2.24. The summed E-state index contributed by atoms with van der Waals surface area (Å²) in [5, 5.41) is 0. The molecule has 88 valence electrons. The van der Waals surface area contributed by atoms with Crippen molar-refractivity contribution >= 4 is 5.82 Å². The molecule has 0 aromatic carbocycles. The molecule has 1 unspecified atom stereocenters. The Morgan fingerprint density at radius 1 is 1.56 bits per heavy atom. The zero-order valence-corrected chi connectivity index (χ0v) is 8.94. The number of aryl methyl sites for hydroxylation is 1. The van der Waals surface area contributed by atoms with Gasteiger partial charge in [0.2, 0.25) is 6.43 Å². The number of hydrogen-bond acceptors (Lipinski definition) is 3. The van der Waals surface area contributed by atoms with Crippen molar-refractivity contribution in [2.75, 3.05) is 18.0 Å². The molecule has 0 aliphatic carbocycles. The van der Waals surface area contributed by atoms with E-state index >= 15 is 0 Å². The fourth-order valence-corrected chi connectivity index (χ4v) is 1.89. The molecule has 16 heavy (non-hydrogen) atoms. The monoisotopic (exact) mass is 229 g/mol. The van der Waals surface area contributed by atoms with Crippen LogP contribution in [-0.2, 0) is 7.05 Å². The van der Waals surface area contributed by atoms with E-state index in [-0.39, 0.29) is 17.9 Å². The summed E-state index contributed by atoms with van der Waals surface area (Å²) in [5.74, 6) is -0.375. The van der Waals surface area contributed by atoms with Crippen LogP contribution in [0.5, 0.6) is 0 Å². The van der Waals surface area contributed by atoms with E-state index in [2.05, 4.69) is 4.98 Å². The van der Waals surface area contributed by atoms with Gasteiger partial charge in [-0.1, -0.05) is 0 Å². The molecular formula is C10H13F2N3O. The van der Waals surface area contributed by atoms with Crippen LogP contribution in [0.3, 0.4) is 0 Å². The molecule has 0 bridgehead atoms. The number of nitrogens with zero attached hydrogens (tertiary/aromatic N) is 3. The first kappa shape index (κ1) is 11.0. The molecule has 1 aromatic rings. The van der Waals surface area contributed by atoms with Crippen molar-refractivity contribution in [1.29, 1.82) is 0 Å². The predicted octanol–water partition coefficient (Wildman–Crippen LogP) is 0.872. The van der Waals surface area contributed by atoms with E-state index in [1.165, 1.54) is 10.8 Å². The molecule has 1 fully saturated rings. The van der Waals surface area contributed by atoms with Crippen molar-refractivity contribution in [3.63, 3.8) is 0 Å². The second-order valence-corrected chi connectivity index (χ2v) is 4.00. The summed E-state index contributed by atoms with van der Waals surface area (Å²) in [4.78, 5) is 17.3. The zero-order valence-electron chi connectivity index (χ0n) is 8.94. The van der Waals surface area contributed by atoms with Crippen molar-refractivity contribution in [2.45, 2.75) is 12.8 Å². The maximum Gasteiger partial charge on any atom is 0.293 e. The predicted molar refractivity (Wildman–Crippen MR) is 55.8 cm³/mol. The smallest absolute Gasteiger partial charge is 0.293 e. The molecule has 1 aromatic heterocycles. The summed E-state index contributed by atoms with van der Waals surface area (Å²) in [5.41, 5.74) is -0.239. The van der Waals surface area contributed by atoms with Crippen LogP contribution in [0.4, 0.5) is 14.6 Å². The van der Waals surface area contributed by atoms with E-state index in [1.807, 2.05) is 0 Å². The largest absolute Gasteiger partial charge is 0.352 e. The van der Waals surface area contributed by atoms with Gasteiger partial charge < -0.3 is 9.47 Å². The Labute approximate surface area is 91.5 Å². The minimum absolute atomic E-state index is 0.212. The average Bonchev–Trinajstić information content (AvgIpc) is 2.71. The highest BCUT2D eigenvalue weighted by atomic mass is 19.3. The molecule has 4 nitrogen and oxygen atoms in total. The summed E-state index contributed by atoms with van der Waals surface area (Å²) >= 11 is 0. The average molecular weight is 229 g/mol. The summed E-state index contributed by atoms with van der Waals surface area (Å²) in [7, 11) is 1.62. The van der Waals surface area contributed by atoms with Gasteiger partial charge >= 0.3 is 0 Å². The van der Waals surface area contributed by atoms with E-state index in [0.717, 1.165) is 0 Å². The summed E-state index contributed by atoms with van der Waals surface area (Å²) in [6.45, 7) is 0.686. The number of rotatable bonds is 2. The fraction of sp³-hybridized carbons (Fsp3) is 0.600. The highest BCUT2D eigenvalue weighted by molar-refractivity contribution is 5.37. The third kappa shape index (κ3) is 1.91. The third-order valence-electron chi connectivity index (χ3n) is 2.88. The topological polar surface area (TPSA) is 38.1 Å². The van der Waals surface area contributed by atoms with Gasteiger partial charge in [-0.15, -0.1) is 0 Å².